The van der Waals surface area contributed by atoms with E-state index in [0.717, 1.165) is 35.9 Å². The van der Waals surface area contributed by atoms with Crippen molar-refractivity contribution in [2.75, 3.05) is 11.1 Å². The molecule has 0 bridgehead atoms. The number of anilines is 1. The molecule has 0 aliphatic carbocycles. The lowest BCUT2D eigenvalue weighted by Crippen LogP contribution is -2.29. The van der Waals surface area contributed by atoms with Crippen LogP contribution in [0.15, 0.2) is 29.3 Å². The molecule has 1 atom stereocenters. The maximum absolute atomic E-state index is 14.7. The van der Waals surface area contributed by atoms with Gasteiger partial charge >= 0.3 is 0 Å². The molecule has 0 spiro atoms. The fraction of sp³-hybridized carbons (Fsp3) is 0.333. The van der Waals surface area contributed by atoms with Crippen LogP contribution in [-0.4, -0.2) is 30.6 Å². The molecule has 0 radical (unpaired) electrons. The van der Waals surface area contributed by atoms with Gasteiger partial charge in [0.1, 0.15) is 22.5 Å². The molecule has 6 nitrogen and oxygen atoms in total. The predicted molar refractivity (Wildman–Crippen MR) is 96.3 cm³/mol. The van der Waals surface area contributed by atoms with Crippen LogP contribution in [0.1, 0.15) is 29.9 Å². The van der Waals surface area contributed by atoms with Gasteiger partial charge in [-0.3, -0.25) is 4.79 Å². The van der Waals surface area contributed by atoms with Crippen LogP contribution >= 0.6 is 0 Å². The Labute approximate surface area is 164 Å². The van der Waals surface area contributed by atoms with Crippen molar-refractivity contribution in [1.82, 2.24) is 4.57 Å². The fourth-order valence-corrected chi connectivity index (χ4v) is 4.31. The van der Waals surface area contributed by atoms with Crippen LogP contribution in [0.3, 0.4) is 0 Å². The molecule has 0 saturated heterocycles. The van der Waals surface area contributed by atoms with Gasteiger partial charge in [0, 0.05) is 24.8 Å². The van der Waals surface area contributed by atoms with E-state index in [1.807, 2.05) is 0 Å². The van der Waals surface area contributed by atoms with Crippen molar-refractivity contribution in [1.29, 1.82) is 5.26 Å². The van der Waals surface area contributed by atoms with Crippen LogP contribution in [-0.2, 0) is 16.9 Å². The maximum Gasteiger partial charge on any atom is 0.275 e. The van der Waals surface area contributed by atoms with Crippen LogP contribution < -0.4 is 5.32 Å². The molecule has 1 aromatic carbocycles. The summed E-state index contributed by atoms with van der Waals surface area (Å²) in [5.74, 6) is -9.14. The molecule has 1 N–H and O–H groups in total. The second kappa shape index (κ2) is 7.87. The smallest absolute Gasteiger partial charge is 0.275 e. The molecule has 1 amide bonds. The third-order valence-corrected chi connectivity index (χ3v) is 6.21. The van der Waals surface area contributed by atoms with Gasteiger partial charge in [0.15, 0.2) is 15.7 Å². The van der Waals surface area contributed by atoms with E-state index in [9.17, 15) is 30.8 Å². The lowest BCUT2D eigenvalue weighted by Gasteiger charge is -2.18. The summed E-state index contributed by atoms with van der Waals surface area (Å²) in [6.45, 7) is 1.58. The Morgan fingerprint density at radius 3 is 2.52 bits per heavy atom. The van der Waals surface area contributed by atoms with Gasteiger partial charge in [-0.25, -0.2) is 26.0 Å². The normalized spacial score (nSPS) is 13.0. The Morgan fingerprint density at radius 2 is 1.97 bits per heavy atom. The average molecular weight is 431 g/mol. The molecular weight excluding hydrogens is 414 g/mol. The molecule has 2 rings (SSSR count). The number of amides is 1. The number of nitriles is 1. The van der Waals surface area contributed by atoms with Gasteiger partial charge < -0.3 is 9.88 Å². The summed E-state index contributed by atoms with van der Waals surface area (Å²) in [5.41, 5.74) is -1.03. The number of hydrogen-bond donors (Lipinski definition) is 1. The van der Waals surface area contributed by atoms with Gasteiger partial charge in [0.25, 0.3) is 5.91 Å². The summed E-state index contributed by atoms with van der Waals surface area (Å²) in [6.07, 6.45) is 0.825. The molecule has 0 fully saturated rings. The summed E-state index contributed by atoms with van der Waals surface area (Å²) in [5, 5.41) is 11.1. The lowest BCUT2D eigenvalue weighted by molar-refractivity contribution is -0.0238. The van der Waals surface area contributed by atoms with E-state index < -0.39 is 55.6 Å². The average Bonchev–Trinajstić information content (AvgIpc) is 2.90. The monoisotopic (exact) mass is 431 g/mol. The van der Waals surface area contributed by atoms with Crippen LogP contribution in [0.4, 0.5) is 23.2 Å². The number of sulfone groups is 1. The molecule has 1 aromatic heterocycles. The molecule has 0 saturated carbocycles. The maximum atomic E-state index is 14.7. The predicted octanol–water partition coefficient (Wildman–Crippen LogP) is 3.49. The molecule has 0 aliphatic heterocycles. The first kappa shape index (κ1) is 22.4. The van der Waals surface area contributed by atoms with Crippen molar-refractivity contribution in [3.8, 4) is 6.07 Å². The van der Waals surface area contributed by atoms with E-state index in [2.05, 4.69) is 5.32 Å². The standard InChI is InChI=1S/C18H17F4N3O3S/c1-10(18(2,21)22)9-29(27,28)14-8-25(3)16(15(14)20)17(26)24-12-4-5-13(19)11(6-12)7-23/h4-6,8,10H,9H2,1-3H3,(H,24,26)/t10-/m1/s1. The zero-order valence-electron chi connectivity index (χ0n) is 15.6. The van der Waals surface area contributed by atoms with Crippen molar-refractivity contribution < 1.29 is 30.8 Å². The zero-order valence-corrected chi connectivity index (χ0v) is 16.4. The molecule has 11 heteroatoms. The Kier molecular flexibility index (Phi) is 6.08. The van der Waals surface area contributed by atoms with Crippen molar-refractivity contribution in [2.45, 2.75) is 24.7 Å². The first-order valence-electron chi connectivity index (χ1n) is 8.24. The van der Waals surface area contributed by atoms with Crippen LogP contribution in [0, 0.1) is 28.9 Å². The zero-order chi connectivity index (χ0) is 22.1. The molecule has 156 valence electrons. The highest BCUT2D eigenvalue weighted by atomic mass is 32.2. The van der Waals surface area contributed by atoms with Gasteiger partial charge in [-0.15, -0.1) is 0 Å². The Hall–Kier alpha value is -2.87. The molecular formula is C18H17F4N3O3S. The second-order valence-corrected chi connectivity index (χ2v) is 8.67. The number of halogens is 4. The third kappa shape index (κ3) is 4.76. The van der Waals surface area contributed by atoms with Gasteiger partial charge in [-0.05, 0) is 25.1 Å². The molecule has 29 heavy (non-hydrogen) atoms. The Balaban J connectivity index is 2.36. The summed E-state index contributed by atoms with van der Waals surface area (Å²) >= 11 is 0. The number of aromatic nitrogens is 1. The highest BCUT2D eigenvalue weighted by molar-refractivity contribution is 7.91. The van der Waals surface area contributed by atoms with E-state index in [-0.39, 0.29) is 11.3 Å². The van der Waals surface area contributed by atoms with Crippen LogP contribution in [0.25, 0.3) is 0 Å². The minimum absolute atomic E-state index is 0.0165. The number of aryl methyl sites for hydroxylation is 1. The largest absolute Gasteiger partial charge is 0.343 e. The number of hydrogen-bond acceptors (Lipinski definition) is 4. The minimum atomic E-state index is -4.45. The number of nitrogens with one attached hydrogen (secondary N) is 1. The number of benzene rings is 1. The quantitative estimate of drug-likeness (QED) is 0.709. The highest BCUT2D eigenvalue weighted by Gasteiger charge is 2.37. The van der Waals surface area contributed by atoms with E-state index >= 15 is 0 Å². The SMILES string of the molecule is C[C@H](CS(=O)(=O)c1cn(C)c(C(=O)Nc2ccc(F)c(C#N)c2)c1F)C(C)(F)F. The molecule has 2 aromatic rings. The van der Waals surface area contributed by atoms with E-state index in [1.54, 1.807) is 6.07 Å². The number of alkyl halides is 2. The number of carbonyl (C=O) groups excluding carboxylic acids is 1. The number of nitrogens with zero attached hydrogens (tertiary/aromatic N) is 2. The van der Waals surface area contributed by atoms with Gasteiger partial charge in [-0.2, -0.15) is 5.26 Å². The minimum Gasteiger partial charge on any atom is -0.343 e. The Bertz CT molecular complexity index is 1100. The van der Waals surface area contributed by atoms with Crippen molar-refractivity contribution >= 4 is 21.4 Å². The first-order chi connectivity index (χ1) is 13.3. The Morgan fingerprint density at radius 1 is 1.34 bits per heavy atom. The summed E-state index contributed by atoms with van der Waals surface area (Å²) in [6, 6.07) is 4.67. The molecule has 0 aliphatic rings. The van der Waals surface area contributed by atoms with Crippen molar-refractivity contribution in [3.63, 3.8) is 0 Å². The number of carbonyl (C=O) groups is 1. The third-order valence-electron chi connectivity index (χ3n) is 4.32. The van der Waals surface area contributed by atoms with E-state index in [4.69, 9.17) is 5.26 Å². The van der Waals surface area contributed by atoms with Gasteiger partial charge in [0.05, 0.1) is 11.3 Å². The topological polar surface area (TPSA) is 92.0 Å². The fourth-order valence-electron chi connectivity index (χ4n) is 2.49. The summed E-state index contributed by atoms with van der Waals surface area (Å²) in [4.78, 5) is 11.5. The summed E-state index contributed by atoms with van der Waals surface area (Å²) < 4.78 is 80.4. The first-order valence-corrected chi connectivity index (χ1v) is 9.89. The lowest BCUT2D eigenvalue weighted by atomic mass is 10.1. The van der Waals surface area contributed by atoms with E-state index in [1.165, 1.54) is 7.05 Å². The second-order valence-electron chi connectivity index (χ2n) is 6.67. The van der Waals surface area contributed by atoms with E-state index in [0.29, 0.717) is 6.92 Å². The van der Waals surface area contributed by atoms with Crippen LogP contribution in [0.5, 0.6) is 0 Å². The van der Waals surface area contributed by atoms with Gasteiger partial charge in [0.2, 0.25) is 5.92 Å². The summed E-state index contributed by atoms with van der Waals surface area (Å²) in [7, 11) is -3.24. The van der Waals surface area contributed by atoms with Gasteiger partial charge in [-0.1, -0.05) is 6.92 Å². The highest BCUT2D eigenvalue weighted by Crippen LogP contribution is 2.29. The van der Waals surface area contributed by atoms with Crippen molar-refractivity contribution in [2.24, 2.45) is 13.0 Å². The molecule has 0 unspecified atom stereocenters. The van der Waals surface area contributed by atoms with Crippen molar-refractivity contribution in [3.05, 3.63) is 47.3 Å². The number of rotatable bonds is 6. The van der Waals surface area contributed by atoms with Crippen LogP contribution in [0.2, 0.25) is 0 Å². The molecule has 1 heterocycles.